The van der Waals surface area contributed by atoms with Gasteiger partial charge in [-0.15, -0.1) is 0 Å². The molecule has 0 amide bonds. The van der Waals surface area contributed by atoms with Gasteiger partial charge in [-0.3, -0.25) is 4.79 Å². The number of aldehydes is 1. The molecule has 2 aromatic rings. The number of alkyl halides is 9. The number of carbonyl (C=O) groups excluding carboxylic acids is 1. The molecule has 0 radical (unpaired) electrons. The van der Waals surface area contributed by atoms with Crippen LogP contribution in [0.1, 0.15) is 21.5 Å². The molecule has 152 valence electrons. The minimum Gasteiger partial charge on any atom is -0.369 e. The van der Waals surface area contributed by atoms with Gasteiger partial charge < -0.3 is 5.11 Å². The molecule has 28 heavy (non-hydrogen) atoms. The first-order valence-electron chi connectivity index (χ1n) is 7.26. The van der Waals surface area contributed by atoms with Crippen LogP contribution in [0.3, 0.4) is 0 Å². The highest BCUT2D eigenvalue weighted by Gasteiger charge is 2.71. The fourth-order valence-electron chi connectivity index (χ4n) is 2.48. The van der Waals surface area contributed by atoms with E-state index in [1.54, 1.807) is 0 Å². The standard InChI is InChI=1S/C17H9F9O2/c18-15(19,20)13-7-11(14(28,16(21,22)23)17(24,25)26)5-6-12(13)10-3-1-9(8-27)2-4-10/h1-8,28H. The Morgan fingerprint density at radius 2 is 1.25 bits per heavy atom. The van der Waals surface area contributed by atoms with E-state index in [9.17, 15) is 49.4 Å². The van der Waals surface area contributed by atoms with E-state index in [-0.39, 0.29) is 23.3 Å². The number of carbonyl (C=O) groups is 1. The lowest BCUT2D eigenvalue weighted by Gasteiger charge is -2.33. The molecule has 2 aromatic carbocycles. The third-order valence-corrected chi connectivity index (χ3v) is 3.92. The highest BCUT2D eigenvalue weighted by Crippen LogP contribution is 2.51. The fraction of sp³-hybridized carbons (Fsp3) is 0.235. The summed E-state index contributed by atoms with van der Waals surface area (Å²) < 4.78 is 118. The Hall–Kier alpha value is -2.56. The molecule has 0 aliphatic rings. The zero-order valence-corrected chi connectivity index (χ0v) is 13.4. The molecule has 0 saturated carbocycles. The van der Waals surface area contributed by atoms with Gasteiger partial charge in [0.05, 0.1) is 5.56 Å². The van der Waals surface area contributed by atoms with Crippen molar-refractivity contribution < 1.29 is 49.4 Å². The molecule has 1 N–H and O–H groups in total. The summed E-state index contributed by atoms with van der Waals surface area (Å²) in [7, 11) is 0. The molecule has 2 nitrogen and oxygen atoms in total. The summed E-state index contributed by atoms with van der Waals surface area (Å²) in [6.07, 6.45) is -17.6. The molecule has 0 unspecified atom stereocenters. The molecule has 0 aliphatic heterocycles. The minimum atomic E-state index is -6.32. The van der Waals surface area contributed by atoms with Crippen LogP contribution < -0.4 is 0 Å². The maximum atomic E-state index is 13.3. The van der Waals surface area contributed by atoms with Crippen molar-refractivity contribution >= 4 is 6.29 Å². The van der Waals surface area contributed by atoms with Gasteiger partial charge in [-0.25, -0.2) is 0 Å². The van der Waals surface area contributed by atoms with E-state index < -0.39 is 40.8 Å². The molecule has 0 saturated heterocycles. The zero-order valence-electron chi connectivity index (χ0n) is 13.4. The van der Waals surface area contributed by atoms with E-state index in [4.69, 9.17) is 0 Å². The van der Waals surface area contributed by atoms with E-state index in [1.807, 2.05) is 0 Å². The van der Waals surface area contributed by atoms with E-state index in [0.29, 0.717) is 12.4 Å². The van der Waals surface area contributed by atoms with Crippen LogP contribution in [0.2, 0.25) is 0 Å². The van der Waals surface area contributed by atoms with Gasteiger partial charge in [0.2, 0.25) is 0 Å². The Bertz CT molecular complexity index is 848. The van der Waals surface area contributed by atoms with Gasteiger partial charge in [-0.1, -0.05) is 36.4 Å². The summed E-state index contributed by atoms with van der Waals surface area (Å²) in [5, 5.41) is 9.32. The molecule has 2 rings (SSSR count). The number of hydrogen-bond donors (Lipinski definition) is 1. The van der Waals surface area contributed by atoms with Crippen molar-refractivity contribution in [1.82, 2.24) is 0 Å². The topological polar surface area (TPSA) is 37.3 Å². The largest absolute Gasteiger partial charge is 0.430 e. The van der Waals surface area contributed by atoms with Gasteiger partial charge >= 0.3 is 18.5 Å². The molecule has 0 atom stereocenters. The van der Waals surface area contributed by atoms with Crippen molar-refractivity contribution in [3.63, 3.8) is 0 Å². The highest BCUT2D eigenvalue weighted by atomic mass is 19.4. The second kappa shape index (κ2) is 6.80. The first-order valence-corrected chi connectivity index (χ1v) is 7.26. The molecule has 0 spiro atoms. The van der Waals surface area contributed by atoms with Gasteiger partial charge in [0.25, 0.3) is 5.60 Å². The SMILES string of the molecule is O=Cc1ccc(-c2ccc(C(O)(C(F)(F)F)C(F)(F)F)cc2C(F)(F)F)cc1. The lowest BCUT2D eigenvalue weighted by molar-refractivity contribution is -0.376. The Morgan fingerprint density at radius 1 is 0.750 bits per heavy atom. The lowest BCUT2D eigenvalue weighted by Crippen LogP contribution is -2.54. The monoisotopic (exact) mass is 416 g/mol. The van der Waals surface area contributed by atoms with Gasteiger partial charge in [0.15, 0.2) is 0 Å². The van der Waals surface area contributed by atoms with Crippen molar-refractivity contribution in [2.45, 2.75) is 24.1 Å². The molecular weight excluding hydrogens is 407 g/mol. The highest BCUT2D eigenvalue weighted by molar-refractivity contribution is 5.77. The maximum absolute atomic E-state index is 13.3. The molecule has 0 aliphatic carbocycles. The van der Waals surface area contributed by atoms with Crippen LogP contribution in [0.25, 0.3) is 11.1 Å². The zero-order chi connectivity index (χ0) is 21.5. The van der Waals surface area contributed by atoms with Crippen LogP contribution >= 0.6 is 0 Å². The van der Waals surface area contributed by atoms with E-state index in [2.05, 4.69) is 0 Å². The third kappa shape index (κ3) is 3.71. The Kier molecular flexibility index (Phi) is 5.28. The van der Waals surface area contributed by atoms with Crippen molar-refractivity contribution in [3.05, 3.63) is 59.2 Å². The van der Waals surface area contributed by atoms with Crippen molar-refractivity contribution in [2.24, 2.45) is 0 Å². The van der Waals surface area contributed by atoms with E-state index in [1.165, 1.54) is 0 Å². The Labute approximate surface area is 151 Å². The summed E-state index contributed by atoms with van der Waals surface area (Å²) in [5.74, 6) is 0. The molecular formula is C17H9F9O2. The second-order valence-corrected chi connectivity index (χ2v) is 5.70. The molecule has 0 heterocycles. The summed E-state index contributed by atoms with van der Waals surface area (Å²) in [4.78, 5) is 10.6. The smallest absolute Gasteiger partial charge is 0.369 e. The van der Waals surface area contributed by atoms with Crippen LogP contribution in [-0.4, -0.2) is 23.7 Å². The van der Waals surface area contributed by atoms with Crippen LogP contribution in [0.4, 0.5) is 39.5 Å². The average molecular weight is 416 g/mol. The summed E-state index contributed by atoms with van der Waals surface area (Å²) in [6, 6.07) is 4.48. The van der Waals surface area contributed by atoms with Crippen LogP contribution in [0.15, 0.2) is 42.5 Å². The number of rotatable bonds is 3. The lowest BCUT2D eigenvalue weighted by atomic mass is 9.87. The van der Waals surface area contributed by atoms with Gasteiger partial charge in [0.1, 0.15) is 6.29 Å². The van der Waals surface area contributed by atoms with Gasteiger partial charge in [-0.2, -0.15) is 39.5 Å². The van der Waals surface area contributed by atoms with Crippen LogP contribution in [0, 0.1) is 0 Å². The minimum absolute atomic E-state index is 0.0949. The predicted octanol–water partition coefficient (Wildman–Crippen LogP) is 5.50. The van der Waals surface area contributed by atoms with E-state index in [0.717, 1.165) is 24.3 Å². The second-order valence-electron chi connectivity index (χ2n) is 5.70. The predicted molar refractivity (Wildman–Crippen MR) is 78.3 cm³/mol. The van der Waals surface area contributed by atoms with Gasteiger partial charge in [-0.05, 0) is 17.2 Å². The molecule has 0 bridgehead atoms. The molecule has 11 heteroatoms. The van der Waals surface area contributed by atoms with E-state index >= 15 is 0 Å². The van der Waals surface area contributed by atoms with Crippen molar-refractivity contribution in [3.8, 4) is 11.1 Å². The van der Waals surface area contributed by atoms with Gasteiger partial charge in [0, 0.05) is 11.1 Å². The van der Waals surface area contributed by atoms with Crippen LogP contribution in [0.5, 0.6) is 0 Å². The quantitative estimate of drug-likeness (QED) is 0.530. The number of benzene rings is 2. The molecule has 0 fully saturated rings. The average Bonchev–Trinajstić information content (AvgIpc) is 2.58. The Morgan fingerprint density at radius 3 is 1.64 bits per heavy atom. The number of halogens is 9. The fourth-order valence-corrected chi connectivity index (χ4v) is 2.48. The first-order chi connectivity index (χ1) is 12.6. The number of hydrogen-bond acceptors (Lipinski definition) is 2. The number of aliphatic hydroxyl groups is 1. The van der Waals surface area contributed by atoms with Crippen molar-refractivity contribution in [2.75, 3.05) is 0 Å². The maximum Gasteiger partial charge on any atom is 0.430 e. The summed E-state index contributed by atoms with van der Waals surface area (Å²) in [6.45, 7) is 0. The van der Waals surface area contributed by atoms with Crippen LogP contribution in [-0.2, 0) is 11.8 Å². The Balaban J connectivity index is 2.76. The molecule has 0 aromatic heterocycles. The first kappa shape index (κ1) is 21.7. The summed E-state index contributed by atoms with van der Waals surface area (Å²) >= 11 is 0. The normalized spacial score (nSPS) is 13.5. The van der Waals surface area contributed by atoms with Crippen molar-refractivity contribution in [1.29, 1.82) is 0 Å². The third-order valence-electron chi connectivity index (χ3n) is 3.92. The summed E-state index contributed by atoms with van der Waals surface area (Å²) in [5.41, 5.74) is -10.1.